The minimum absolute atomic E-state index is 1.03. The zero-order valence-corrected chi connectivity index (χ0v) is 16.2. The molecule has 0 fully saturated rings. The molecule has 0 spiro atoms. The lowest BCUT2D eigenvalue weighted by molar-refractivity contribution is 1.27. The Balaban J connectivity index is -0.000000273. The van der Waals surface area contributed by atoms with Crippen LogP contribution in [0.4, 0.5) is 0 Å². The van der Waals surface area contributed by atoms with Crippen molar-refractivity contribution < 1.29 is 0 Å². The zero-order chi connectivity index (χ0) is 19.2. The van der Waals surface area contributed by atoms with Crippen LogP contribution in [0.15, 0.2) is 83.1 Å². The third-order valence-corrected chi connectivity index (χ3v) is 1.80. The van der Waals surface area contributed by atoms with Crippen molar-refractivity contribution in [1.29, 1.82) is 0 Å². The van der Waals surface area contributed by atoms with Gasteiger partial charge in [0.15, 0.2) is 0 Å². The van der Waals surface area contributed by atoms with Crippen molar-refractivity contribution >= 4 is 12.9 Å². The van der Waals surface area contributed by atoms with Gasteiger partial charge in [-0.25, -0.2) is 0 Å². The number of aliphatic imine (C=N–C) groups is 2. The topological polar surface area (TPSA) is 37.6 Å². The highest BCUT2D eigenvalue weighted by molar-refractivity contribution is 5.82. The van der Waals surface area contributed by atoms with E-state index in [0.717, 1.165) is 5.57 Å². The van der Waals surface area contributed by atoms with E-state index in [9.17, 15) is 0 Å². The molecule has 3 heteroatoms. The van der Waals surface area contributed by atoms with E-state index in [0.29, 0.717) is 0 Å². The highest BCUT2D eigenvalue weighted by atomic mass is 14.6. The van der Waals surface area contributed by atoms with Crippen molar-refractivity contribution in [1.82, 2.24) is 4.98 Å². The van der Waals surface area contributed by atoms with Crippen LogP contribution in [0.1, 0.15) is 26.3 Å². The minimum Gasteiger partial charge on any atom is -0.304 e. The fourth-order valence-corrected chi connectivity index (χ4v) is 0.968. The van der Waals surface area contributed by atoms with Gasteiger partial charge in [0.2, 0.25) is 0 Å². The van der Waals surface area contributed by atoms with E-state index < -0.39 is 0 Å². The number of allylic oxidation sites excluding steroid dienone is 6. The van der Waals surface area contributed by atoms with Crippen molar-refractivity contribution in [3.63, 3.8) is 0 Å². The van der Waals surface area contributed by atoms with Gasteiger partial charge in [0, 0.05) is 32.7 Å². The number of hydrogen-bond donors (Lipinski definition) is 0. The highest BCUT2D eigenvalue weighted by Gasteiger charge is 1.78. The van der Waals surface area contributed by atoms with Crippen LogP contribution in [-0.4, -0.2) is 32.0 Å². The normalized spacial score (nSPS) is 9.67. The molecule has 1 aromatic rings. The lowest BCUT2D eigenvalue weighted by Crippen LogP contribution is -1.76. The van der Waals surface area contributed by atoms with Gasteiger partial charge in [0.25, 0.3) is 0 Å². The molecule has 0 radical (unpaired) electrons. The van der Waals surface area contributed by atoms with Gasteiger partial charge in [-0.1, -0.05) is 42.5 Å². The maximum Gasteiger partial charge on any atom is 0.0297 e. The molecule has 0 aliphatic heterocycles. The lowest BCUT2D eigenvalue weighted by atomic mass is 10.2. The molecule has 3 nitrogen and oxygen atoms in total. The standard InChI is InChI=1S/C9H13N.C6H7N.C4H8.C2H5N/c1-4-6-7-9(5-2)8-10-3;1-6-3-2-4-7-5-6;1-4(2)3;1-3-2/h4-8H,2H2,1,3H3;2-5H,1H3;1H2,2-3H3;1H2,2H3/b6-4-,9-7+,10-8?;;;. The second-order valence-corrected chi connectivity index (χ2v) is 4.84. The fourth-order valence-electron chi connectivity index (χ4n) is 0.968. The number of pyridine rings is 1. The fraction of sp³-hybridized carbons (Fsp3) is 0.286. The highest BCUT2D eigenvalue weighted by Crippen LogP contribution is 1.91. The maximum absolute atomic E-state index is 3.88. The first-order valence-electron chi connectivity index (χ1n) is 7.60. The van der Waals surface area contributed by atoms with Gasteiger partial charge in [-0.15, -0.1) is 6.58 Å². The Hall–Kier alpha value is -2.55. The molecule has 0 aromatic carbocycles. The molecule has 1 heterocycles. The smallest absolute Gasteiger partial charge is 0.0297 e. The quantitative estimate of drug-likeness (QED) is 0.400. The van der Waals surface area contributed by atoms with E-state index in [-0.39, 0.29) is 0 Å². The average Bonchev–Trinajstić information content (AvgIpc) is 2.53. The number of aromatic nitrogens is 1. The van der Waals surface area contributed by atoms with Gasteiger partial charge in [-0.2, -0.15) is 0 Å². The van der Waals surface area contributed by atoms with E-state index >= 15 is 0 Å². The number of nitrogens with zero attached hydrogens (tertiary/aromatic N) is 3. The summed E-state index contributed by atoms with van der Waals surface area (Å²) in [5, 5.41) is 0. The summed E-state index contributed by atoms with van der Waals surface area (Å²) >= 11 is 0. The molecule has 1 rings (SSSR count). The van der Waals surface area contributed by atoms with Crippen LogP contribution in [0.5, 0.6) is 0 Å². The van der Waals surface area contributed by atoms with Crippen LogP contribution >= 0.6 is 0 Å². The lowest BCUT2D eigenvalue weighted by Gasteiger charge is -1.85. The molecular weight excluding hydrogens is 294 g/mol. The van der Waals surface area contributed by atoms with Gasteiger partial charge in [-0.05, 0) is 51.6 Å². The minimum atomic E-state index is 1.03. The third kappa shape index (κ3) is 31.7. The molecule has 24 heavy (non-hydrogen) atoms. The largest absolute Gasteiger partial charge is 0.304 e. The molecule has 0 saturated heterocycles. The summed E-state index contributed by atoms with van der Waals surface area (Å²) in [6, 6.07) is 3.95. The second kappa shape index (κ2) is 22.7. The SMILES string of the molecule is C=C(C)C.C=C/C(C=NC)=C\C=C/C.C=NC.Cc1cccnc1. The summed E-state index contributed by atoms with van der Waals surface area (Å²) in [5.74, 6) is 0. The summed E-state index contributed by atoms with van der Waals surface area (Å²) < 4.78 is 0. The summed E-state index contributed by atoms with van der Waals surface area (Å²) in [7, 11) is 3.38. The average molecular weight is 328 g/mol. The Morgan fingerprint density at radius 1 is 1.25 bits per heavy atom. The van der Waals surface area contributed by atoms with Crippen LogP contribution < -0.4 is 0 Å². The van der Waals surface area contributed by atoms with Crippen molar-refractivity contribution in [2.45, 2.75) is 27.7 Å². The third-order valence-electron chi connectivity index (χ3n) is 1.80. The van der Waals surface area contributed by atoms with Crippen LogP contribution in [0, 0.1) is 6.92 Å². The molecule has 0 N–H and O–H groups in total. The van der Waals surface area contributed by atoms with Crippen molar-refractivity contribution in [3.05, 3.63) is 78.7 Å². The monoisotopic (exact) mass is 327 g/mol. The number of hydrogen-bond acceptors (Lipinski definition) is 3. The molecular formula is C21H33N3. The predicted molar refractivity (Wildman–Crippen MR) is 112 cm³/mol. The molecule has 0 bridgehead atoms. The summed E-state index contributed by atoms with van der Waals surface area (Å²) in [6.07, 6.45) is 13.0. The van der Waals surface area contributed by atoms with Gasteiger partial charge < -0.3 is 4.99 Å². The van der Waals surface area contributed by atoms with Crippen LogP contribution in [0.2, 0.25) is 0 Å². The maximum atomic E-state index is 3.88. The first kappa shape index (κ1) is 26.4. The van der Waals surface area contributed by atoms with E-state index in [1.54, 1.807) is 32.6 Å². The Kier molecular flexibility index (Phi) is 25.0. The van der Waals surface area contributed by atoms with Gasteiger partial charge in [0.1, 0.15) is 0 Å². The Labute approximate surface area is 149 Å². The summed E-state index contributed by atoms with van der Waals surface area (Å²) in [4.78, 5) is 11.0. The second-order valence-electron chi connectivity index (χ2n) is 4.84. The predicted octanol–water partition coefficient (Wildman–Crippen LogP) is 5.66. The molecule has 1 aromatic heterocycles. The van der Waals surface area contributed by atoms with E-state index in [1.165, 1.54) is 11.1 Å². The van der Waals surface area contributed by atoms with Crippen LogP contribution in [-0.2, 0) is 0 Å². The first-order chi connectivity index (χ1) is 11.4. The first-order valence-corrected chi connectivity index (χ1v) is 7.60. The Morgan fingerprint density at radius 3 is 2.04 bits per heavy atom. The molecule has 0 unspecified atom stereocenters. The zero-order valence-electron chi connectivity index (χ0n) is 16.2. The molecule has 0 amide bonds. The van der Waals surface area contributed by atoms with Gasteiger partial charge in [-0.3, -0.25) is 9.98 Å². The molecule has 132 valence electrons. The Bertz CT molecular complexity index is 505. The van der Waals surface area contributed by atoms with E-state index in [4.69, 9.17) is 0 Å². The van der Waals surface area contributed by atoms with Crippen molar-refractivity contribution in [2.75, 3.05) is 14.1 Å². The molecule has 0 atom stereocenters. The molecule has 0 saturated carbocycles. The Morgan fingerprint density at radius 2 is 1.79 bits per heavy atom. The van der Waals surface area contributed by atoms with E-state index in [1.807, 2.05) is 64.3 Å². The van der Waals surface area contributed by atoms with Crippen LogP contribution in [0.25, 0.3) is 0 Å². The van der Waals surface area contributed by atoms with Gasteiger partial charge >= 0.3 is 0 Å². The van der Waals surface area contributed by atoms with E-state index in [2.05, 4.69) is 34.8 Å². The van der Waals surface area contributed by atoms with Crippen LogP contribution in [0.3, 0.4) is 0 Å². The molecule has 0 aliphatic carbocycles. The van der Waals surface area contributed by atoms with Crippen molar-refractivity contribution in [2.24, 2.45) is 9.98 Å². The molecule has 0 aliphatic rings. The number of rotatable bonds is 3. The summed E-state index contributed by atoms with van der Waals surface area (Å²) in [5.41, 5.74) is 3.41. The van der Waals surface area contributed by atoms with Gasteiger partial charge in [0.05, 0.1) is 0 Å². The van der Waals surface area contributed by atoms with Crippen molar-refractivity contribution in [3.8, 4) is 0 Å². The number of aryl methyl sites for hydroxylation is 1. The summed E-state index contributed by atoms with van der Waals surface area (Å²) in [6.45, 7) is 18.2.